The van der Waals surface area contributed by atoms with Crippen molar-refractivity contribution in [1.82, 2.24) is 20.8 Å². The van der Waals surface area contributed by atoms with Crippen molar-refractivity contribution < 1.29 is 8.91 Å². The topological polar surface area (TPSA) is 75.3 Å². The summed E-state index contributed by atoms with van der Waals surface area (Å²) in [6.07, 6.45) is 0.612. The van der Waals surface area contributed by atoms with Crippen LogP contribution in [0.5, 0.6) is 0 Å². The van der Waals surface area contributed by atoms with E-state index in [2.05, 4.69) is 25.8 Å². The summed E-state index contributed by atoms with van der Waals surface area (Å²) < 4.78 is 18.5. The number of benzene rings is 1. The second-order valence-corrected chi connectivity index (χ2v) is 4.92. The number of aliphatic imine (C=N–C) groups is 1. The van der Waals surface area contributed by atoms with Crippen LogP contribution in [0.1, 0.15) is 22.8 Å². The van der Waals surface area contributed by atoms with Gasteiger partial charge in [-0.2, -0.15) is 4.98 Å². The van der Waals surface area contributed by atoms with Gasteiger partial charge in [0, 0.05) is 26.6 Å². The first kappa shape index (κ1) is 19.3. The summed E-state index contributed by atoms with van der Waals surface area (Å²) in [6.45, 7) is 4.63. The molecule has 0 saturated heterocycles. The summed E-state index contributed by atoms with van der Waals surface area (Å²) in [7, 11) is 1.68. The molecule has 2 aromatic rings. The lowest BCUT2D eigenvalue weighted by atomic mass is 10.1. The Labute approximate surface area is 152 Å². The third-order valence-electron chi connectivity index (χ3n) is 3.12. The molecule has 0 aliphatic rings. The minimum absolute atomic E-state index is 0. The lowest BCUT2D eigenvalue weighted by molar-refractivity contribution is 0.374. The molecule has 8 heteroatoms. The quantitative estimate of drug-likeness (QED) is 0.430. The highest BCUT2D eigenvalue weighted by atomic mass is 127. The molecule has 0 aliphatic carbocycles. The van der Waals surface area contributed by atoms with Crippen LogP contribution in [0.4, 0.5) is 4.39 Å². The summed E-state index contributed by atoms with van der Waals surface area (Å²) in [5.41, 5.74) is 1.50. The van der Waals surface area contributed by atoms with Gasteiger partial charge in [0.25, 0.3) is 0 Å². The van der Waals surface area contributed by atoms with Crippen molar-refractivity contribution in [3.63, 3.8) is 0 Å². The summed E-state index contributed by atoms with van der Waals surface area (Å²) in [5.74, 6) is 1.64. The van der Waals surface area contributed by atoms with Crippen molar-refractivity contribution in [3.8, 4) is 0 Å². The Balaban J connectivity index is 0.00000264. The number of nitrogens with one attached hydrogen (secondary N) is 2. The molecule has 0 unspecified atom stereocenters. The van der Waals surface area contributed by atoms with Crippen LogP contribution in [-0.4, -0.2) is 29.7 Å². The summed E-state index contributed by atoms with van der Waals surface area (Å²) in [5, 5.41) is 10.0. The van der Waals surface area contributed by atoms with Crippen LogP contribution in [0.15, 0.2) is 27.7 Å². The van der Waals surface area contributed by atoms with Crippen molar-refractivity contribution in [1.29, 1.82) is 0 Å². The van der Waals surface area contributed by atoms with Gasteiger partial charge in [-0.3, -0.25) is 4.99 Å². The molecule has 0 saturated carbocycles. The van der Waals surface area contributed by atoms with E-state index in [-0.39, 0.29) is 29.8 Å². The van der Waals surface area contributed by atoms with Crippen molar-refractivity contribution in [3.05, 3.63) is 46.9 Å². The average Bonchev–Trinajstić information content (AvgIpc) is 2.91. The zero-order valence-corrected chi connectivity index (χ0v) is 15.7. The van der Waals surface area contributed by atoms with Gasteiger partial charge in [0.15, 0.2) is 11.8 Å². The van der Waals surface area contributed by atoms with Crippen LogP contribution in [0.2, 0.25) is 0 Å². The third kappa shape index (κ3) is 6.12. The Bertz CT molecular complexity index is 659. The van der Waals surface area contributed by atoms with E-state index in [4.69, 9.17) is 4.52 Å². The molecule has 0 amide bonds. The van der Waals surface area contributed by atoms with Crippen LogP contribution in [0.3, 0.4) is 0 Å². The Morgan fingerprint density at radius 3 is 2.70 bits per heavy atom. The Hall–Kier alpha value is -1.71. The normalized spacial score (nSPS) is 11.0. The van der Waals surface area contributed by atoms with Gasteiger partial charge in [0.2, 0.25) is 5.89 Å². The first-order valence-electron chi connectivity index (χ1n) is 7.07. The predicted molar refractivity (Wildman–Crippen MR) is 97.5 cm³/mol. The molecule has 1 heterocycles. The van der Waals surface area contributed by atoms with E-state index in [0.29, 0.717) is 42.7 Å². The predicted octanol–water partition coefficient (Wildman–Crippen LogP) is 2.35. The zero-order valence-electron chi connectivity index (χ0n) is 13.4. The highest BCUT2D eigenvalue weighted by Gasteiger charge is 2.04. The molecular weight excluding hydrogens is 412 g/mol. The first-order valence-corrected chi connectivity index (χ1v) is 7.07. The summed E-state index contributed by atoms with van der Waals surface area (Å²) in [4.78, 5) is 8.24. The number of aromatic nitrogens is 2. The van der Waals surface area contributed by atoms with Crippen molar-refractivity contribution in [2.45, 2.75) is 26.8 Å². The average molecular weight is 433 g/mol. The van der Waals surface area contributed by atoms with Gasteiger partial charge in [-0.05, 0) is 31.0 Å². The molecule has 1 aromatic heterocycles. The molecule has 6 nitrogen and oxygen atoms in total. The number of aryl methyl sites for hydroxylation is 2. The molecule has 0 radical (unpaired) electrons. The zero-order chi connectivity index (χ0) is 15.9. The molecule has 0 bridgehead atoms. The standard InChI is InChI=1S/C15H20FN5O.HI/c1-10-4-5-12(8-13(10)16)9-19-15(17-3)18-7-6-14-20-11(2)21-22-14;/h4-5,8H,6-7,9H2,1-3H3,(H2,17,18,19);1H. The number of hydrogen-bond donors (Lipinski definition) is 2. The number of nitrogens with zero attached hydrogens (tertiary/aromatic N) is 3. The number of halogens is 2. The third-order valence-corrected chi connectivity index (χ3v) is 3.12. The number of guanidine groups is 1. The van der Waals surface area contributed by atoms with Crippen LogP contribution < -0.4 is 10.6 Å². The van der Waals surface area contributed by atoms with Gasteiger partial charge < -0.3 is 15.2 Å². The lowest BCUT2D eigenvalue weighted by Gasteiger charge is -2.11. The molecule has 0 aliphatic heterocycles. The summed E-state index contributed by atoms with van der Waals surface area (Å²) in [6, 6.07) is 5.18. The SMILES string of the molecule is CN=C(NCCc1nc(C)no1)NCc1ccc(C)c(F)c1.I. The van der Waals surface area contributed by atoms with Gasteiger partial charge in [-0.25, -0.2) is 4.39 Å². The summed E-state index contributed by atoms with van der Waals surface area (Å²) >= 11 is 0. The second kappa shape index (κ2) is 9.43. The monoisotopic (exact) mass is 433 g/mol. The van der Waals surface area contributed by atoms with Gasteiger partial charge in [0.05, 0.1) is 0 Å². The Morgan fingerprint density at radius 1 is 1.30 bits per heavy atom. The fraction of sp³-hybridized carbons (Fsp3) is 0.400. The van der Waals surface area contributed by atoms with Crippen LogP contribution in [-0.2, 0) is 13.0 Å². The van der Waals surface area contributed by atoms with Gasteiger partial charge in [0.1, 0.15) is 5.82 Å². The van der Waals surface area contributed by atoms with E-state index < -0.39 is 0 Å². The van der Waals surface area contributed by atoms with E-state index >= 15 is 0 Å². The fourth-order valence-electron chi connectivity index (χ4n) is 1.88. The largest absolute Gasteiger partial charge is 0.356 e. The van der Waals surface area contributed by atoms with Crippen molar-refractivity contribution in [2.75, 3.05) is 13.6 Å². The van der Waals surface area contributed by atoms with Gasteiger partial charge in [-0.1, -0.05) is 17.3 Å². The minimum atomic E-state index is -0.200. The van der Waals surface area contributed by atoms with Crippen LogP contribution >= 0.6 is 24.0 Å². The first-order chi connectivity index (χ1) is 10.6. The minimum Gasteiger partial charge on any atom is -0.356 e. The number of rotatable bonds is 5. The maximum Gasteiger partial charge on any atom is 0.228 e. The second-order valence-electron chi connectivity index (χ2n) is 4.92. The van der Waals surface area contributed by atoms with E-state index in [1.807, 2.05) is 6.07 Å². The van der Waals surface area contributed by atoms with Gasteiger partial charge in [-0.15, -0.1) is 24.0 Å². The molecule has 0 spiro atoms. The smallest absolute Gasteiger partial charge is 0.228 e. The molecule has 23 heavy (non-hydrogen) atoms. The number of hydrogen-bond acceptors (Lipinski definition) is 4. The van der Waals surface area contributed by atoms with Gasteiger partial charge >= 0.3 is 0 Å². The Kier molecular flexibility index (Phi) is 7.93. The molecule has 0 atom stereocenters. The Morgan fingerprint density at radius 2 is 2.09 bits per heavy atom. The van der Waals surface area contributed by atoms with E-state index in [1.54, 1.807) is 27.0 Å². The molecule has 1 aromatic carbocycles. The van der Waals surface area contributed by atoms with Crippen molar-refractivity contribution >= 4 is 29.9 Å². The van der Waals surface area contributed by atoms with E-state index in [1.165, 1.54) is 6.07 Å². The van der Waals surface area contributed by atoms with Crippen LogP contribution in [0.25, 0.3) is 0 Å². The molecule has 0 fully saturated rings. The molecule has 2 rings (SSSR count). The molecule has 126 valence electrons. The van der Waals surface area contributed by atoms with E-state index in [9.17, 15) is 4.39 Å². The maximum atomic E-state index is 13.5. The highest BCUT2D eigenvalue weighted by molar-refractivity contribution is 14.0. The lowest BCUT2D eigenvalue weighted by Crippen LogP contribution is -2.37. The fourth-order valence-corrected chi connectivity index (χ4v) is 1.88. The molecular formula is C15H21FIN5O. The molecule has 2 N–H and O–H groups in total. The maximum absolute atomic E-state index is 13.5. The van der Waals surface area contributed by atoms with E-state index in [0.717, 1.165) is 5.56 Å². The highest BCUT2D eigenvalue weighted by Crippen LogP contribution is 2.08. The van der Waals surface area contributed by atoms with Crippen LogP contribution in [0, 0.1) is 19.7 Å². The van der Waals surface area contributed by atoms with Crippen molar-refractivity contribution in [2.24, 2.45) is 4.99 Å².